The molecule has 2 heterocycles. The van der Waals surface area contributed by atoms with E-state index in [0.29, 0.717) is 16.3 Å². The minimum absolute atomic E-state index is 0.0196. The largest absolute Gasteiger partial charge is 0.497 e. The van der Waals surface area contributed by atoms with E-state index in [2.05, 4.69) is 5.32 Å². The van der Waals surface area contributed by atoms with Gasteiger partial charge < -0.3 is 15.0 Å². The first-order valence-electron chi connectivity index (χ1n) is 13.5. The fourth-order valence-electron chi connectivity index (χ4n) is 5.16. The average molecular weight is 637 g/mol. The molecule has 5 rings (SSSR count). The third-order valence-electron chi connectivity index (χ3n) is 7.29. The molecule has 1 N–H and O–H groups in total. The molecule has 1 unspecified atom stereocenters. The Hall–Kier alpha value is -3.64. The molecule has 43 heavy (non-hydrogen) atoms. The molecule has 0 bridgehead atoms. The van der Waals surface area contributed by atoms with Crippen LogP contribution >= 0.6 is 23.2 Å². The molecule has 8 nitrogen and oxygen atoms in total. The summed E-state index contributed by atoms with van der Waals surface area (Å²) in [7, 11) is 0. The van der Waals surface area contributed by atoms with Gasteiger partial charge in [0.25, 0.3) is 5.91 Å². The van der Waals surface area contributed by atoms with Gasteiger partial charge in [-0.25, -0.2) is 9.59 Å². The first kappa shape index (κ1) is 30.8. The second-order valence-electron chi connectivity index (χ2n) is 10.3. The molecule has 2 amide bonds. The summed E-state index contributed by atoms with van der Waals surface area (Å²) in [5.74, 6) is -3.53. The van der Waals surface area contributed by atoms with E-state index in [0.717, 1.165) is 30.8 Å². The van der Waals surface area contributed by atoms with Crippen LogP contribution in [0.4, 0.5) is 18.9 Å². The molecule has 3 aromatic carbocycles. The van der Waals surface area contributed by atoms with Crippen LogP contribution in [-0.2, 0) is 27.5 Å². The van der Waals surface area contributed by atoms with Crippen molar-refractivity contribution in [2.45, 2.75) is 38.2 Å². The van der Waals surface area contributed by atoms with Crippen LogP contribution < -0.4 is 14.7 Å². The fourth-order valence-corrected chi connectivity index (χ4v) is 5.48. The van der Waals surface area contributed by atoms with Crippen molar-refractivity contribution in [1.82, 2.24) is 14.9 Å². The number of hydrogen-bond donors (Lipinski definition) is 1. The molecular weight excluding hydrogens is 610 g/mol. The molecule has 0 spiro atoms. The Kier molecular flexibility index (Phi) is 8.98. The second kappa shape index (κ2) is 12.5. The lowest BCUT2D eigenvalue weighted by atomic mass is 10.1. The molecule has 13 heteroatoms. The molecule has 3 aromatic rings. The Balaban J connectivity index is 1.53. The van der Waals surface area contributed by atoms with Gasteiger partial charge in [-0.05, 0) is 91.2 Å². The van der Waals surface area contributed by atoms with Crippen molar-refractivity contribution in [3.05, 3.63) is 93.5 Å². The van der Waals surface area contributed by atoms with Crippen molar-refractivity contribution in [3.8, 4) is 5.75 Å². The molecule has 1 saturated heterocycles. The smallest absolute Gasteiger partial charge is 0.490 e. The first-order valence-corrected chi connectivity index (χ1v) is 14.2. The van der Waals surface area contributed by atoms with Crippen LogP contribution in [0.5, 0.6) is 5.75 Å². The van der Waals surface area contributed by atoms with Crippen LogP contribution in [0, 0.1) is 0 Å². The maximum absolute atomic E-state index is 14.0. The number of nitrogens with one attached hydrogen (secondary N) is 1. The fraction of sp³-hybridized carbons (Fsp3) is 0.300. The maximum Gasteiger partial charge on any atom is 0.497 e. The van der Waals surface area contributed by atoms with Crippen LogP contribution in [0.1, 0.15) is 34.3 Å². The Morgan fingerprint density at radius 3 is 2.23 bits per heavy atom. The zero-order valence-electron chi connectivity index (χ0n) is 22.7. The van der Waals surface area contributed by atoms with Crippen molar-refractivity contribution < 1.29 is 37.1 Å². The van der Waals surface area contributed by atoms with E-state index in [-0.39, 0.29) is 34.5 Å². The van der Waals surface area contributed by atoms with E-state index < -0.39 is 41.7 Å². The topological polar surface area (TPSA) is 84.9 Å². The summed E-state index contributed by atoms with van der Waals surface area (Å²) >= 11 is 12.2. The van der Waals surface area contributed by atoms with Gasteiger partial charge in [0, 0.05) is 32.8 Å². The van der Waals surface area contributed by atoms with Crippen molar-refractivity contribution >= 4 is 46.7 Å². The number of benzene rings is 3. The minimum atomic E-state index is -5.39. The van der Waals surface area contributed by atoms with E-state index in [1.54, 1.807) is 24.3 Å². The molecule has 2 aliphatic rings. The molecule has 0 aromatic heterocycles. The van der Waals surface area contributed by atoms with Crippen molar-refractivity contribution in [3.63, 3.8) is 0 Å². The number of halogens is 5. The van der Waals surface area contributed by atoms with Crippen molar-refractivity contribution in [2.75, 3.05) is 19.6 Å². The third kappa shape index (κ3) is 6.96. The summed E-state index contributed by atoms with van der Waals surface area (Å²) < 4.78 is 45.4. The van der Waals surface area contributed by atoms with Crippen LogP contribution in [0.15, 0.2) is 66.7 Å². The highest BCUT2D eigenvalue weighted by Crippen LogP contribution is 2.38. The predicted octanol–water partition coefficient (Wildman–Crippen LogP) is 5.83. The van der Waals surface area contributed by atoms with Crippen LogP contribution in [0.2, 0.25) is 10.0 Å². The lowest BCUT2D eigenvalue weighted by molar-refractivity contribution is -0.235. The second-order valence-corrected chi connectivity index (χ2v) is 11.2. The summed E-state index contributed by atoms with van der Waals surface area (Å²) in [5, 5.41) is 3.86. The van der Waals surface area contributed by atoms with E-state index >= 15 is 0 Å². The zero-order valence-corrected chi connectivity index (χ0v) is 24.2. The summed E-state index contributed by atoms with van der Waals surface area (Å²) in [6, 6.07) is 16.6. The monoisotopic (exact) mass is 636 g/mol. The predicted molar refractivity (Wildman–Crippen MR) is 153 cm³/mol. The van der Waals surface area contributed by atoms with Gasteiger partial charge in [0.1, 0.15) is 18.4 Å². The number of nitrogens with zero attached hydrogens (tertiary/aromatic N) is 2. The van der Waals surface area contributed by atoms with Crippen molar-refractivity contribution in [1.29, 1.82) is 0 Å². The Bertz CT molecular complexity index is 1510. The Morgan fingerprint density at radius 1 is 0.930 bits per heavy atom. The number of hydrogen-bond acceptors (Lipinski definition) is 6. The standard InChI is InChI=1S/C30H27Cl2F3N3O5/c31-22-5-3-20(4-6-22)28(40)37-16-21-15-23(32)7-10-26(21)38(27(39)17-37,43-29(41)30(33,34)35)18-19-1-8-24(9-2-19)42-25-11-13-36-14-12-25/h1-10,15,25,36H,11-14,16-18H2/q+1. The first-order chi connectivity index (χ1) is 20.4. The third-order valence-corrected chi connectivity index (χ3v) is 7.77. The Labute approximate surface area is 255 Å². The lowest BCUT2D eigenvalue weighted by Crippen LogP contribution is -2.58. The molecule has 2 aliphatic heterocycles. The van der Waals surface area contributed by atoms with Crippen LogP contribution in [-0.4, -0.2) is 54.6 Å². The van der Waals surface area contributed by atoms with Gasteiger partial charge in [-0.1, -0.05) is 23.2 Å². The van der Waals surface area contributed by atoms with Gasteiger partial charge >= 0.3 is 18.1 Å². The van der Waals surface area contributed by atoms with Gasteiger partial charge in [-0.3, -0.25) is 9.63 Å². The number of carbonyl (C=O) groups excluding carboxylic acids is 3. The number of fused-ring (bicyclic) bond motifs is 1. The molecule has 1 atom stereocenters. The van der Waals surface area contributed by atoms with E-state index in [1.165, 1.54) is 42.5 Å². The Morgan fingerprint density at radius 2 is 1.58 bits per heavy atom. The maximum atomic E-state index is 14.0. The van der Waals surface area contributed by atoms with E-state index in [1.807, 2.05) is 0 Å². The number of carbonyl (C=O) groups is 3. The molecule has 0 aliphatic carbocycles. The quantitative estimate of drug-likeness (QED) is 0.343. The van der Waals surface area contributed by atoms with Gasteiger partial charge in [0.15, 0.2) is 12.2 Å². The molecule has 0 radical (unpaired) electrons. The van der Waals surface area contributed by atoms with E-state index in [4.69, 9.17) is 32.8 Å². The summed E-state index contributed by atoms with van der Waals surface area (Å²) in [6.45, 7) is 0.337. The van der Waals surface area contributed by atoms with Gasteiger partial charge in [0.2, 0.25) is 0 Å². The number of piperidine rings is 1. The number of rotatable bonds is 6. The highest BCUT2D eigenvalue weighted by Gasteiger charge is 2.55. The SMILES string of the molecule is O=C(c1ccc(Cl)cc1)N1CC(=O)[N+](Cc2ccc(OC3CCNCC3)cc2)(OC(=O)C(F)(F)F)c2ccc(Cl)cc2C1. The van der Waals surface area contributed by atoms with Gasteiger partial charge in [-0.2, -0.15) is 13.2 Å². The van der Waals surface area contributed by atoms with Gasteiger partial charge in [0.05, 0.1) is 6.54 Å². The number of ether oxygens (including phenoxy) is 1. The van der Waals surface area contributed by atoms with E-state index in [9.17, 15) is 27.6 Å². The van der Waals surface area contributed by atoms with Crippen molar-refractivity contribution in [2.24, 2.45) is 0 Å². The average Bonchev–Trinajstić information content (AvgIpc) is 3.08. The lowest BCUT2D eigenvalue weighted by Gasteiger charge is -2.32. The molecule has 0 saturated carbocycles. The number of alkyl halides is 3. The minimum Gasteiger partial charge on any atom is -0.490 e. The van der Waals surface area contributed by atoms with Crippen LogP contribution in [0.25, 0.3) is 0 Å². The number of hydroxylamine groups is 2. The summed E-state index contributed by atoms with van der Waals surface area (Å²) in [6.07, 6.45) is -3.72. The molecule has 226 valence electrons. The molecular formula is C30H27Cl2F3N3O5+. The summed E-state index contributed by atoms with van der Waals surface area (Å²) in [5.41, 5.74) is 0.784. The highest BCUT2D eigenvalue weighted by molar-refractivity contribution is 6.31. The normalized spacial score (nSPS) is 19.4. The number of quaternary nitrogens is 1. The zero-order chi connectivity index (χ0) is 30.8. The number of amides is 2. The highest BCUT2D eigenvalue weighted by atomic mass is 35.5. The summed E-state index contributed by atoms with van der Waals surface area (Å²) in [4.78, 5) is 46.1. The van der Waals surface area contributed by atoms with Gasteiger partial charge in [-0.15, -0.1) is 0 Å². The van der Waals surface area contributed by atoms with Crippen LogP contribution in [0.3, 0.4) is 0 Å². The molecule has 1 fully saturated rings.